The summed E-state index contributed by atoms with van der Waals surface area (Å²) in [4.78, 5) is 11.9. The summed E-state index contributed by atoms with van der Waals surface area (Å²) >= 11 is 0. The van der Waals surface area contributed by atoms with Crippen molar-refractivity contribution in [1.29, 1.82) is 0 Å². The molecule has 0 aliphatic rings. The summed E-state index contributed by atoms with van der Waals surface area (Å²) in [5.74, 6) is 0.681. The number of aliphatic hydroxyl groups is 1. The van der Waals surface area contributed by atoms with Crippen LogP contribution < -0.4 is 5.32 Å². The predicted octanol–water partition coefficient (Wildman–Crippen LogP) is 2.22. The molecule has 5 heteroatoms. The van der Waals surface area contributed by atoms with Crippen LogP contribution in [0.25, 0.3) is 0 Å². The minimum Gasteiger partial charge on any atom is -0.391 e. The smallest absolute Gasteiger partial charge is 0.220 e. The molecule has 0 bridgehead atoms. The Kier molecular flexibility index (Phi) is 7.07. The lowest BCUT2D eigenvalue weighted by Gasteiger charge is -2.15. The molecule has 22 heavy (non-hydrogen) atoms. The second-order valence-electron chi connectivity index (χ2n) is 6.84. The Hall–Kier alpha value is -1.36. The topological polar surface area (TPSA) is 67.2 Å². The maximum Gasteiger partial charge on any atom is 0.220 e. The fourth-order valence-electron chi connectivity index (χ4n) is 2.40. The van der Waals surface area contributed by atoms with Gasteiger partial charge in [0.05, 0.1) is 11.8 Å². The predicted molar refractivity (Wildman–Crippen MR) is 88.7 cm³/mol. The van der Waals surface area contributed by atoms with E-state index in [1.54, 1.807) is 0 Å². The zero-order valence-electron chi connectivity index (χ0n) is 14.8. The molecule has 0 spiro atoms. The molecule has 0 saturated carbocycles. The van der Waals surface area contributed by atoms with E-state index in [9.17, 15) is 9.90 Å². The van der Waals surface area contributed by atoms with E-state index in [0.717, 1.165) is 17.9 Å². The SMILES string of the molecule is Cc1nn(CC(C)C)c(C)c1CCC(=O)NCC(O)C(C)C. The lowest BCUT2D eigenvalue weighted by Crippen LogP contribution is -2.34. The van der Waals surface area contributed by atoms with E-state index in [0.29, 0.717) is 25.3 Å². The molecule has 0 aromatic carbocycles. The van der Waals surface area contributed by atoms with Gasteiger partial charge in [0.15, 0.2) is 0 Å². The largest absolute Gasteiger partial charge is 0.391 e. The van der Waals surface area contributed by atoms with Crippen LogP contribution in [-0.2, 0) is 17.8 Å². The van der Waals surface area contributed by atoms with Crippen molar-refractivity contribution >= 4 is 5.91 Å². The Morgan fingerprint density at radius 2 is 1.91 bits per heavy atom. The number of carbonyl (C=O) groups excluding carboxylic acids is 1. The van der Waals surface area contributed by atoms with E-state index in [2.05, 4.69) is 31.2 Å². The van der Waals surface area contributed by atoms with Crippen molar-refractivity contribution < 1.29 is 9.90 Å². The van der Waals surface area contributed by atoms with Crippen molar-refractivity contribution in [3.05, 3.63) is 17.0 Å². The first-order valence-electron chi connectivity index (χ1n) is 8.20. The normalized spacial score (nSPS) is 13.0. The fraction of sp³-hybridized carbons (Fsp3) is 0.765. The van der Waals surface area contributed by atoms with Gasteiger partial charge >= 0.3 is 0 Å². The van der Waals surface area contributed by atoms with Crippen molar-refractivity contribution in [1.82, 2.24) is 15.1 Å². The Labute approximate surface area is 134 Å². The third kappa shape index (κ3) is 5.44. The number of aliphatic hydroxyl groups excluding tert-OH is 1. The van der Waals surface area contributed by atoms with Crippen molar-refractivity contribution in [2.45, 2.75) is 67.0 Å². The first kappa shape index (κ1) is 18.7. The Morgan fingerprint density at radius 1 is 1.27 bits per heavy atom. The van der Waals surface area contributed by atoms with Gasteiger partial charge in [0, 0.05) is 25.2 Å². The number of carbonyl (C=O) groups is 1. The molecule has 0 aliphatic heterocycles. The van der Waals surface area contributed by atoms with E-state index in [4.69, 9.17) is 0 Å². The van der Waals surface area contributed by atoms with Crippen molar-refractivity contribution in [3.63, 3.8) is 0 Å². The van der Waals surface area contributed by atoms with E-state index < -0.39 is 6.10 Å². The fourth-order valence-corrected chi connectivity index (χ4v) is 2.40. The summed E-state index contributed by atoms with van der Waals surface area (Å²) in [5, 5.41) is 17.1. The van der Waals surface area contributed by atoms with Crippen LogP contribution in [0.15, 0.2) is 0 Å². The highest BCUT2D eigenvalue weighted by Crippen LogP contribution is 2.16. The number of aryl methyl sites for hydroxylation is 1. The average Bonchev–Trinajstić information content (AvgIpc) is 2.67. The molecule has 126 valence electrons. The van der Waals surface area contributed by atoms with Gasteiger partial charge in [0.2, 0.25) is 5.91 Å². The minimum absolute atomic E-state index is 0.0184. The van der Waals surface area contributed by atoms with Crippen molar-refractivity contribution in [3.8, 4) is 0 Å². The number of aromatic nitrogens is 2. The molecule has 0 saturated heterocycles. The summed E-state index contributed by atoms with van der Waals surface area (Å²) in [5.41, 5.74) is 3.33. The van der Waals surface area contributed by atoms with E-state index in [1.807, 2.05) is 25.5 Å². The van der Waals surface area contributed by atoms with Gasteiger partial charge in [-0.1, -0.05) is 27.7 Å². The lowest BCUT2D eigenvalue weighted by molar-refractivity contribution is -0.121. The highest BCUT2D eigenvalue weighted by Gasteiger charge is 2.15. The molecule has 1 atom stereocenters. The highest BCUT2D eigenvalue weighted by molar-refractivity contribution is 5.76. The van der Waals surface area contributed by atoms with Gasteiger partial charge in [-0.05, 0) is 37.7 Å². The highest BCUT2D eigenvalue weighted by atomic mass is 16.3. The number of nitrogens with one attached hydrogen (secondary N) is 1. The molecule has 0 fully saturated rings. The lowest BCUT2D eigenvalue weighted by atomic mass is 10.1. The zero-order chi connectivity index (χ0) is 16.9. The third-order valence-corrected chi connectivity index (χ3v) is 3.95. The van der Waals surface area contributed by atoms with Gasteiger partial charge in [0.25, 0.3) is 0 Å². The van der Waals surface area contributed by atoms with E-state index in [1.165, 1.54) is 5.56 Å². The van der Waals surface area contributed by atoms with Gasteiger partial charge in [-0.25, -0.2) is 0 Å². The number of nitrogens with zero attached hydrogens (tertiary/aromatic N) is 2. The number of rotatable bonds is 8. The van der Waals surface area contributed by atoms with Crippen LogP contribution in [0.1, 0.15) is 51.1 Å². The molecule has 1 aromatic heterocycles. The molecular formula is C17H31N3O2. The summed E-state index contributed by atoms with van der Waals surface area (Å²) in [6.07, 6.45) is 0.639. The second-order valence-corrected chi connectivity index (χ2v) is 6.84. The maximum absolute atomic E-state index is 11.9. The number of amides is 1. The Balaban J connectivity index is 2.54. The first-order valence-corrected chi connectivity index (χ1v) is 8.20. The van der Waals surface area contributed by atoms with E-state index >= 15 is 0 Å². The number of hydrogen-bond acceptors (Lipinski definition) is 3. The van der Waals surface area contributed by atoms with Crippen LogP contribution in [0.2, 0.25) is 0 Å². The molecule has 1 unspecified atom stereocenters. The molecule has 1 rings (SSSR count). The number of hydrogen-bond donors (Lipinski definition) is 2. The molecule has 2 N–H and O–H groups in total. The average molecular weight is 309 g/mol. The monoisotopic (exact) mass is 309 g/mol. The van der Waals surface area contributed by atoms with Crippen LogP contribution in [0.4, 0.5) is 0 Å². The molecule has 1 amide bonds. The molecule has 0 radical (unpaired) electrons. The minimum atomic E-state index is -0.485. The van der Waals surface area contributed by atoms with Crippen LogP contribution in [0.3, 0.4) is 0 Å². The maximum atomic E-state index is 11.9. The Morgan fingerprint density at radius 3 is 2.45 bits per heavy atom. The molecule has 1 aromatic rings. The van der Waals surface area contributed by atoms with Gasteiger partial charge in [-0.2, -0.15) is 5.10 Å². The first-order chi connectivity index (χ1) is 10.2. The standard InChI is InChI=1S/C17H31N3O2/c1-11(2)10-20-14(6)15(13(5)19-20)7-8-17(22)18-9-16(21)12(3)4/h11-12,16,21H,7-10H2,1-6H3,(H,18,22). The summed E-state index contributed by atoms with van der Waals surface area (Å²) < 4.78 is 2.04. The molecular weight excluding hydrogens is 278 g/mol. The van der Waals surface area contributed by atoms with Gasteiger partial charge in [0.1, 0.15) is 0 Å². The third-order valence-electron chi connectivity index (χ3n) is 3.95. The van der Waals surface area contributed by atoms with Crippen LogP contribution in [0.5, 0.6) is 0 Å². The van der Waals surface area contributed by atoms with E-state index in [-0.39, 0.29) is 11.8 Å². The van der Waals surface area contributed by atoms with Crippen molar-refractivity contribution in [2.75, 3.05) is 6.54 Å². The molecule has 0 aliphatic carbocycles. The summed E-state index contributed by atoms with van der Waals surface area (Å²) in [7, 11) is 0. The summed E-state index contributed by atoms with van der Waals surface area (Å²) in [6.45, 7) is 13.5. The van der Waals surface area contributed by atoms with Crippen LogP contribution >= 0.6 is 0 Å². The molecule has 1 heterocycles. The van der Waals surface area contributed by atoms with Crippen molar-refractivity contribution in [2.24, 2.45) is 11.8 Å². The van der Waals surface area contributed by atoms with Crippen LogP contribution in [0, 0.1) is 25.7 Å². The van der Waals surface area contributed by atoms with Crippen LogP contribution in [-0.4, -0.2) is 33.4 Å². The summed E-state index contributed by atoms with van der Waals surface area (Å²) in [6, 6.07) is 0. The molecule has 5 nitrogen and oxygen atoms in total. The van der Waals surface area contributed by atoms with Gasteiger partial charge < -0.3 is 10.4 Å². The zero-order valence-corrected chi connectivity index (χ0v) is 14.8. The quantitative estimate of drug-likeness (QED) is 0.774. The second kappa shape index (κ2) is 8.32. The van der Waals surface area contributed by atoms with Gasteiger partial charge in [-0.3, -0.25) is 9.48 Å². The van der Waals surface area contributed by atoms with Gasteiger partial charge in [-0.15, -0.1) is 0 Å². The Bertz CT molecular complexity index is 492.